The first-order valence-electron chi connectivity index (χ1n) is 6.78. The van der Waals surface area contributed by atoms with Crippen molar-refractivity contribution in [2.45, 2.75) is 26.8 Å². The summed E-state index contributed by atoms with van der Waals surface area (Å²) in [7, 11) is 1.98. The number of benzene rings is 1. The van der Waals surface area contributed by atoms with Gasteiger partial charge in [-0.2, -0.15) is 0 Å². The van der Waals surface area contributed by atoms with Crippen LogP contribution in [0.5, 0.6) is 0 Å². The van der Waals surface area contributed by atoms with Gasteiger partial charge in [0.25, 0.3) is 0 Å². The topological polar surface area (TPSA) is 15.3 Å². The number of hydrogen-bond acceptors (Lipinski definition) is 2. The highest BCUT2D eigenvalue weighted by Gasteiger charge is 2.23. The molecule has 0 aromatic heterocycles. The van der Waals surface area contributed by atoms with Crippen molar-refractivity contribution in [3.63, 3.8) is 0 Å². The van der Waals surface area contributed by atoms with E-state index in [9.17, 15) is 0 Å². The van der Waals surface area contributed by atoms with Crippen LogP contribution in [-0.4, -0.2) is 20.1 Å². The highest BCUT2D eigenvalue weighted by molar-refractivity contribution is 9.10. The van der Waals surface area contributed by atoms with Crippen LogP contribution in [0.3, 0.4) is 0 Å². The molecule has 0 bridgehead atoms. The minimum atomic E-state index is 0.789. The van der Waals surface area contributed by atoms with Crippen LogP contribution in [0.25, 0.3) is 0 Å². The number of anilines is 1. The standard InChI is InChI=1S/C15H23BrN2/c1-11-6-12(2)10-18(9-11)15-5-4-13(8-17-3)7-14(15)16/h4-5,7,11-12,17H,6,8-10H2,1-3H3. The highest BCUT2D eigenvalue weighted by Crippen LogP contribution is 2.32. The molecule has 0 aliphatic carbocycles. The lowest BCUT2D eigenvalue weighted by molar-refractivity contribution is 0.356. The Morgan fingerprint density at radius 3 is 2.50 bits per heavy atom. The van der Waals surface area contributed by atoms with Gasteiger partial charge in [-0.1, -0.05) is 19.9 Å². The Bertz CT molecular complexity index is 395. The van der Waals surface area contributed by atoms with Gasteiger partial charge in [-0.15, -0.1) is 0 Å². The van der Waals surface area contributed by atoms with Gasteiger partial charge < -0.3 is 10.2 Å². The molecule has 3 heteroatoms. The summed E-state index contributed by atoms with van der Waals surface area (Å²) >= 11 is 3.72. The molecule has 0 radical (unpaired) electrons. The third kappa shape index (κ3) is 3.27. The van der Waals surface area contributed by atoms with E-state index in [2.05, 4.69) is 58.2 Å². The fourth-order valence-corrected chi connectivity index (χ4v) is 3.66. The molecule has 1 saturated heterocycles. The minimum absolute atomic E-state index is 0.789. The van der Waals surface area contributed by atoms with Gasteiger partial charge in [-0.05, 0) is 58.9 Å². The fraction of sp³-hybridized carbons (Fsp3) is 0.600. The van der Waals surface area contributed by atoms with Crippen molar-refractivity contribution >= 4 is 21.6 Å². The first-order chi connectivity index (χ1) is 8.60. The van der Waals surface area contributed by atoms with E-state index in [1.54, 1.807) is 0 Å². The van der Waals surface area contributed by atoms with Crippen molar-refractivity contribution in [1.29, 1.82) is 0 Å². The number of hydrogen-bond donors (Lipinski definition) is 1. The number of halogens is 1. The van der Waals surface area contributed by atoms with Gasteiger partial charge in [0.1, 0.15) is 0 Å². The van der Waals surface area contributed by atoms with E-state index in [-0.39, 0.29) is 0 Å². The van der Waals surface area contributed by atoms with Gasteiger partial charge in [0.15, 0.2) is 0 Å². The zero-order chi connectivity index (χ0) is 13.1. The van der Waals surface area contributed by atoms with E-state index in [0.717, 1.165) is 18.4 Å². The number of nitrogens with zero attached hydrogens (tertiary/aromatic N) is 1. The average molecular weight is 311 g/mol. The molecular weight excluding hydrogens is 288 g/mol. The molecule has 1 aliphatic heterocycles. The van der Waals surface area contributed by atoms with E-state index in [1.165, 1.54) is 35.2 Å². The molecule has 0 spiro atoms. The van der Waals surface area contributed by atoms with Crippen molar-refractivity contribution in [1.82, 2.24) is 5.32 Å². The third-order valence-electron chi connectivity index (χ3n) is 3.60. The molecule has 2 nitrogen and oxygen atoms in total. The van der Waals surface area contributed by atoms with E-state index in [1.807, 2.05) is 7.05 Å². The summed E-state index contributed by atoms with van der Waals surface area (Å²) in [6, 6.07) is 6.71. The van der Waals surface area contributed by atoms with Crippen molar-refractivity contribution in [3.05, 3.63) is 28.2 Å². The van der Waals surface area contributed by atoms with Gasteiger partial charge in [0.05, 0.1) is 5.69 Å². The Kier molecular flexibility index (Phi) is 4.68. The predicted molar refractivity (Wildman–Crippen MR) is 82.1 cm³/mol. The van der Waals surface area contributed by atoms with Crippen LogP contribution in [0.2, 0.25) is 0 Å². The molecule has 1 N–H and O–H groups in total. The first kappa shape index (κ1) is 13.9. The monoisotopic (exact) mass is 310 g/mol. The molecule has 2 rings (SSSR count). The lowest BCUT2D eigenvalue weighted by Crippen LogP contribution is -2.38. The molecular formula is C15H23BrN2. The van der Waals surface area contributed by atoms with Gasteiger partial charge in [0.2, 0.25) is 0 Å². The summed E-state index contributed by atoms with van der Waals surface area (Å²) in [5.74, 6) is 1.58. The van der Waals surface area contributed by atoms with E-state index < -0.39 is 0 Å². The lowest BCUT2D eigenvalue weighted by Gasteiger charge is -2.37. The largest absolute Gasteiger partial charge is 0.370 e. The summed E-state index contributed by atoms with van der Waals surface area (Å²) in [6.45, 7) is 7.98. The lowest BCUT2D eigenvalue weighted by atomic mass is 9.91. The quantitative estimate of drug-likeness (QED) is 0.916. The van der Waals surface area contributed by atoms with Crippen LogP contribution < -0.4 is 10.2 Å². The number of rotatable bonds is 3. The smallest absolute Gasteiger partial charge is 0.0511 e. The second-order valence-electron chi connectivity index (χ2n) is 5.67. The predicted octanol–water partition coefficient (Wildman–Crippen LogP) is 3.65. The van der Waals surface area contributed by atoms with E-state index >= 15 is 0 Å². The molecule has 1 aromatic rings. The minimum Gasteiger partial charge on any atom is -0.370 e. The van der Waals surface area contributed by atoms with Crippen LogP contribution in [0.1, 0.15) is 25.8 Å². The zero-order valence-corrected chi connectivity index (χ0v) is 13.1. The van der Waals surface area contributed by atoms with E-state index in [4.69, 9.17) is 0 Å². The maximum atomic E-state index is 3.72. The maximum Gasteiger partial charge on any atom is 0.0511 e. The molecule has 1 aromatic carbocycles. The molecule has 18 heavy (non-hydrogen) atoms. The Labute approximate surface area is 119 Å². The fourth-order valence-electron chi connectivity index (χ4n) is 2.98. The molecule has 2 unspecified atom stereocenters. The Morgan fingerprint density at radius 2 is 1.94 bits per heavy atom. The number of nitrogens with one attached hydrogen (secondary N) is 1. The van der Waals surface area contributed by atoms with Crippen LogP contribution in [-0.2, 0) is 6.54 Å². The Morgan fingerprint density at radius 1 is 1.28 bits per heavy atom. The molecule has 1 heterocycles. The first-order valence-corrected chi connectivity index (χ1v) is 7.57. The van der Waals surface area contributed by atoms with Crippen molar-refractivity contribution in [3.8, 4) is 0 Å². The molecule has 100 valence electrons. The van der Waals surface area contributed by atoms with Crippen molar-refractivity contribution < 1.29 is 0 Å². The van der Waals surface area contributed by atoms with Crippen LogP contribution in [0.4, 0.5) is 5.69 Å². The van der Waals surface area contributed by atoms with Gasteiger partial charge >= 0.3 is 0 Å². The molecule has 1 fully saturated rings. The number of piperidine rings is 1. The van der Waals surface area contributed by atoms with Gasteiger partial charge in [-0.25, -0.2) is 0 Å². The summed E-state index contributed by atoms with van der Waals surface area (Å²) in [5.41, 5.74) is 2.67. The molecule has 0 amide bonds. The third-order valence-corrected chi connectivity index (χ3v) is 4.24. The summed E-state index contributed by atoms with van der Waals surface area (Å²) < 4.78 is 1.22. The molecule has 1 aliphatic rings. The maximum absolute atomic E-state index is 3.72. The molecule has 0 saturated carbocycles. The average Bonchev–Trinajstić information content (AvgIpc) is 2.28. The second kappa shape index (κ2) is 6.07. The SMILES string of the molecule is CNCc1ccc(N2CC(C)CC(C)C2)c(Br)c1. The van der Waals surface area contributed by atoms with Gasteiger partial charge in [0, 0.05) is 24.1 Å². The van der Waals surface area contributed by atoms with Gasteiger partial charge in [-0.3, -0.25) is 0 Å². The summed E-state index contributed by atoms with van der Waals surface area (Å²) in [6.07, 6.45) is 1.35. The molecule has 2 atom stereocenters. The van der Waals surface area contributed by atoms with Crippen LogP contribution >= 0.6 is 15.9 Å². The Balaban J connectivity index is 2.17. The highest BCUT2D eigenvalue weighted by atomic mass is 79.9. The summed E-state index contributed by atoms with van der Waals surface area (Å²) in [5, 5.41) is 3.19. The van der Waals surface area contributed by atoms with Crippen LogP contribution in [0, 0.1) is 11.8 Å². The van der Waals surface area contributed by atoms with E-state index in [0.29, 0.717) is 0 Å². The Hall–Kier alpha value is -0.540. The van der Waals surface area contributed by atoms with Crippen molar-refractivity contribution in [2.75, 3.05) is 25.0 Å². The summed E-state index contributed by atoms with van der Waals surface area (Å²) in [4.78, 5) is 2.52. The van der Waals surface area contributed by atoms with Crippen molar-refractivity contribution in [2.24, 2.45) is 11.8 Å². The normalized spacial score (nSPS) is 24.3. The zero-order valence-electron chi connectivity index (χ0n) is 11.5. The second-order valence-corrected chi connectivity index (χ2v) is 6.52. The van der Waals surface area contributed by atoms with Crippen LogP contribution in [0.15, 0.2) is 22.7 Å².